The number of tetrazole rings is 1. The summed E-state index contributed by atoms with van der Waals surface area (Å²) in [5.41, 5.74) is 9.33. The maximum Gasteiger partial charge on any atom is 0.205 e. The van der Waals surface area contributed by atoms with Crippen LogP contribution in [-0.2, 0) is 25.1 Å². The number of aliphatic hydroxyl groups excluding tert-OH is 1. The zero-order valence-corrected chi connectivity index (χ0v) is 30.8. The van der Waals surface area contributed by atoms with Crippen molar-refractivity contribution in [2.75, 3.05) is 0 Å². The summed E-state index contributed by atoms with van der Waals surface area (Å²) < 4.78 is 4.32. The van der Waals surface area contributed by atoms with E-state index < -0.39 is 5.54 Å². The van der Waals surface area contributed by atoms with Gasteiger partial charge >= 0.3 is 0 Å². The molecule has 0 bridgehead atoms. The largest absolute Gasteiger partial charge is 0.390 e. The highest BCUT2D eigenvalue weighted by Gasteiger charge is 2.41. The molecule has 8 nitrogen and oxygen atoms in total. The molecule has 0 aliphatic rings. The highest BCUT2D eigenvalue weighted by Crippen LogP contribution is 2.40. The molecule has 0 radical (unpaired) electrons. The third-order valence-corrected chi connectivity index (χ3v) is 10.3. The smallest absolute Gasteiger partial charge is 0.205 e. The van der Waals surface area contributed by atoms with Crippen LogP contribution >= 0.6 is 0 Å². The fraction of sp³-hybridized carbons (Fsp3) is 0.174. The fourth-order valence-corrected chi connectivity index (χ4v) is 7.71. The number of nitrogens with zero attached hydrogens (tertiary/aromatic N) is 7. The van der Waals surface area contributed by atoms with Gasteiger partial charge in [-0.05, 0) is 71.0 Å². The summed E-state index contributed by atoms with van der Waals surface area (Å²) in [5, 5.41) is 25.3. The first-order chi connectivity index (χ1) is 26.5. The number of rotatable bonds is 12. The molecule has 0 saturated heterocycles. The minimum absolute atomic E-state index is 0.0949. The van der Waals surface area contributed by atoms with Crippen molar-refractivity contribution in [3.8, 4) is 28.3 Å². The molecule has 0 amide bonds. The number of hydrogen-bond acceptors (Lipinski definition) is 5. The van der Waals surface area contributed by atoms with Gasteiger partial charge in [0.1, 0.15) is 5.82 Å². The minimum Gasteiger partial charge on any atom is -0.390 e. The number of aryl methyl sites for hydroxylation is 3. The molecule has 8 aromatic rings. The van der Waals surface area contributed by atoms with Crippen molar-refractivity contribution in [1.29, 1.82) is 0 Å². The molecule has 3 heterocycles. The van der Waals surface area contributed by atoms with Gasteiger partial charge in [-0.1, -0.05) is 146 Å². The Morgan fingerprint density at radius 2 is 1.17 bits per heavy atom. The lowest BCUT2D eigenvalue weighted by Gasteiger charge is -2.34. The van der Waals surface area contributed by atoms with Crippen molar-refractivity contribution in [1.82, 2.24) is 34.3 Å². The first-order valence-electron chi connectivity index (χ1n) is 18.5. The number of hydrogen-bond donors (Lipinski definition) is 1. The number of aliphatic hydroxyl groups is 1. The fourth-order valence-electron chi connectivity index (χ4n) is 7.71. The highest BCUT2D eigenvalue weighted by atomic mass is 16.3. The Morgan fingerprint density at radius 3 is 1.70 bits per heavy atom. The van der Waals surface area contributed by atoms with Crippen molar-refractivity contribution in [3.63, 3.8) is 0 Å². The molecule has 3 aromatic heterocycles. The molecular formula is C46H43N7O. The van der Waals surface area contributed by atoms with Crippen LogP contribution in [0.2, 0.25) is 0 Å². The van der Waals surface area contributed by atoms with Crippen LogP contribution in [0.4, 0.5) is 0 Å². The van der Waals surface area contributed by atoms with E-state index in [2.05, 4.69) is 151 Å². The molecule has 268 valence electrons. The molecule has 0 fully saturated rings. The van der Waals surface area contributed by atoms with E-state index >= 15 is 0 Å². The van der Waals surface area contributed by atoms with Crippen molar-refractivity contribution in [3.05, 3.63) is 197 Å². The van der Waals surface area contributed by atoms with Gasteiger partial charge in [-0.15, -0.1) is 15.0 Å². The van der Waals surface area contributed by atoms with E-state index in [1.807, 2.05) is 30.3 Å². The van der Waals surface area contributed by atoms with E-state index in [1.54, 1.807) is 4.80 Å². The molecule has 0 saturated carbocycles. The highest BCUT2D eigenvalue weighted by molar-refractivity contribution is 5.80. The lowest BCUT2D eigenvalue weighted by atomic mass is 9.77. The van der Waals surface area contributed by atoms with E-state index in [9.17, 15) is 5.11 Å². The van der Waals surface area contributed by atoms with Crippen LogP contribution in [-0.4, -0.2) is 39.4 Å². The molecule has 0 atom stereocenters. The van der Waals surface area contributed by atoms with Gasteiger partial charge in [0.05, 0.1) is 12.3 Å². The summed E-state index contributed by atoms with van der Waals surface area (Å²) in [7, 11) is 0. The van der Waals surface area contributed by atoms with Crippen LogP contribution in [0.25, 0.3) is 28.3 Å². The Balaban J connectivity index is 1.17. The summed E-state index contributed by atoms with van der Waals surface area (Å²) in [6, 6.07) is 52.2. The Kier molecular flexibility index (Phi) is 9.59. The van der Waals surface area contributed by atoms with Gasteiger partial charge in [-0.2, -0.15) is 0 Å². The molecule has 0 aliphatic heterocycles. The standard InChI is InChI=1S/C46H43N7O/c1-4-16-43-47-45(52-33(2)25-26-34(52)3)42(32-54)51(43)31-35-27-29-36(30-28-35)40-23-14-15-24-41(40)44-48-50-53(49-44)46(37-17-8-5-9-18-37,38-19-10-6-11-20-38)39-21-12-7-13-22-39/h5-15,17-30,54H,4,16,31-32H2,1-3H3. The van der Waals surface area contributed by atoms with E-state index in [4.69, 9.17) is 20.4 Å². The maximum absolute atomic E-state index is 10.6. The zero-order chi connectivity index (χ0) is 37.1. The van der Waals surface area contributed by atoms with Gasteiger partial charge in [0.15, 0.2) is 11.4 Å². The minimum atomic E-state index is -0.860. The third kappa shape index (κ3) is 6.14. The maximum atomic E-state index is 10.6. The summed E-state index contributed by atoms with van der Waals surface area (Å²) in [6.07, 6.45) is 1.79. The van der Waals surface area contributed by atoms with Crippen LogP contribution in [0.3, 0.4) is 0 Å². The number of imidazole rings is 1. The molecule has 8 heteroatoms. The molecule has 0 spiro atoms. The van der Waals surface area contributed by atoms with Crippen molar-refractivity contribution in [2.45, 2.75) is 52.3 Å². The topological polar surface area (TPSA) is 86.6 Å². The van der Waals surface area contributed by atoms with Gasteiger partial charge in [-0.25, -0.2) is 4.98 Å². The van der Waals surface area contributed by atoms with Crippen LogP contribution in [0.15, 0.2) is 152 Å². The second kappa shape index (κ2) is 14.9. The lowest BCUT2D eigenvalue weighted by Crippen LogP contribution is -2.39. The second-order valence-electron chi connectivity index (χ2n) is 13.7. The van der Waals surface area contributed by atoms with E-state index in [0.717, 1.165) is 80.5 Å². The third-order valence-electron chi connectivity index (χ3n) is 10.3. The molecule has 54 heavy (non-hydrogen) atoms. The monoisotopic (exact) mass is 709 g/mol. The molecular weight excluding hydrogens is 667 g/mol. The van der Waals surface area contributed by atoms with Crippen LogP contribution in [0, 0.1) is 13.8 Å². The Morgan fingerprint density at radius 1 is 0.630 bits per heavy atom. The Labute approximate surface area is 316 Å². The summed E-state index contributed by atoms with van der Waals surface area (Å²) >= 11 is 0. The molecule has 8 rings (SSSR count). The predicted octanol–water partition coefficient (Wildman–Crippen LogP) is 8.94. The van der Waals surface area contributed by atoms with Crippen LogP contribution in [0.1, 0.15) is 58.5 Å². The van der Waals surface area contributed by atoms with E-state index in [1.165, 1.54) is 0 Å². The van der Waals surface area contributed by atoms with Gasteiger partial charge in [0.25, 0.3) is 0 Å². The van der Waals surface area contributed by atoms with Crippen molar-refractivity contribution in [2.24, 2.45) is 0 Å². The van der Waals surface area contributed by atoms with Crippen LogP contribution in [0.5, 0.6) is 0 Å². The summed E-state index contributed by atoms with van der Waals surface area (Å²) in [4.78, 5) is 6.83. The average Bonchev–Trinajstić information content (AvgIpc) is 3.94. The molecule has 0 aliphatic carbocycles. The predicted molar refractivity (Wildman–Crippen MR) is 213 cm³/mol. The number of aromatic nitrogens is 7. The molecule has 0 unspecified atom stereocenters. The summed E-state index contributed by atoms with van der Waals surface area (Å²) in [6.45, 7) is 6.82. The van der Waals surface area contributed by atoms with Crippen LogP contribution < -0.4 is 0 Å². The second-order valence-corrected chi connectivity index (χ2v) is 13.7. The average molecular weight is 710 g/mol. The van der Waals surface area contributed by atoms with Crippen molar-refractivity contribution >= 4 is 0 Å². The first-order valence-corrected chi connectivity index (χ1v) is 18.5. The van der Waals surface area contributed by atoms with Gasteiger partial charge in [0.2, 0.25) is 5.82 Å². The molecule has 1 N–H and O–H groups in total. The van der Waals surface area contributed by atoms with Gasteiger partial charge < -0.3 is 14.2 Å². The Hall–Kier alpha value is -6.38. The normalized spacial score (nSPS) is 11.6. The molecule has 5 aromatic carbocycles. The summed E-state index contributed by atoms with van der Waals surface area (Å²) in [5.74, 6) is 2.33. The zero-order valence-electron chi connectivity index (χ0n) is 30.8. The quantitative estimate of drug-likeness (QED) is 0.128. The van der Waals surface area contributed by atoms with Gasteiger partial charge in [-0.3, -0.25) is 0 Å². The Bertz CT molecular complexity index is 2360. The van der Waals surface area contributed by atoms with E-state index in [-0.39, 0.29) is 6.61 Å². The lowest BCUT2D eigenvalue weighted by molar-refractivity contribution is 0.270. The number of benzene rings is 5. The SMILES string of the molecule is CCCc1nc(-n2c(C)ccc2C)c(CO)n1Cc1ccc(-c2ccccc2-c2nnn(C(c3ccccc3)(c3ccccc3)c3ccccc3)n2)cc1. The van der Waals surface area contributed by atoms with E-state index in [0.29, 0.717) is 12.4 Å². The van der Waals surface area contributed by atoms with Gasteiger partial charge in [0, 0.05) is 29.9 Å². The van der Waals surface area contributed by atoms with Crippen molar-refractivity contribution < 1.29 is 5.11 Å². The first kappa shape index (κ1) is 34.7.